The Balaban J connectivity index is 1.28. The highest BCUT2D eigenvalue weighted by Crippen LogP contribution is 2.53. The highest BCUT2D eigenvalue weighted by Gasteiger charge is 2.44. The first-order valence-corrected chi connectivity index (χ1v) is 10.3. The van der Waals surface area contributed by atoms with Gasteiger partial charge in [-0.25, -0.2) is 9.97 Å². The molecule has 2 aromatic heterocycles. The molecule has 0 unspecified atom stereocenters. The van der Waals surface area contributed by atoms with Gasteiger partial charge in [0.1, 0.15) is 5.82 Å². The van der Waals surface area contributed by atoms with Crippen molar-refractivity contribution in [3.05, 3.63) is 48.2 Å². The largest absolute Gasteiger partial charge is 0.359 e. The van der Waals surface area contributed by atoms with Gasteiger partial charge in [-0.15, -0.1) is 0 Å². The lowest BCUT2D eigenvalue weighted by Gasteiger charge is -2.41. The van der Waals surface area contributed by atoms with Gasteiger partial charge in [-0.1, -0.05) is 29.5 Å². The van der Waals surface area contributed by atoms with E-state index in [1.54, 1.807) is 11.3 Å². The SMILES string of the molecule is CC1(C)SN(C2CC(Nc3nc4ccccc4s3)C2)c2ncccc21. The molecule has 1 fully saturated rings. The molecule has 25 heavy (non-hydrogen) atoms. The van der Waals surface area contributed by atoms with E-state index < -0.39 is 0 Å². The summed E-state index contributed by atoms with van der Waals surface area (Å²) in [6.07, 6.45) is 4.17. The number of fused-ring (bicyclic) bond motifs is 2. The van der Waals surface area contributed by atoms with Crippen molar-refractivity contribution in [1.82, 2.24) is 9.97 Å². The number of hydrogen-bond donors (Lipinski definition) is 1. The van der Waals surface area contributed by atoms with E-state index in [1.807, 2.05) is 30.3 Å². The Morgan fingerprint density at radius 2 is 2.00 bits per heavy atom. The minimum atomic E-state index is 0.106. The molecular formula is C19H20N4S2. The Morgan fingerprint density at radius 3 is 2.84 bits per heavy atom. The fraction of sp³-hybridized carbons (Fsp3) is 0.368. The lowest BCUT2D eigenvalue weighted by molar-refractivity contribution is 0.379. The third-order valence-electron chi connectivity index (χ3n) is 5.04. The predicted octanol–water partition coefficient (Wildman–Crippen LogP) is 5.04. The zero-order valence-corrected chi connectivity index (χ0v) is 15.9. The van der Waals surface area contributed by atoms with Crippen molar-refractivity contribution in [3.63, 3.8) is 0 Å². The van der Waals surface area contributed by atoms with E-state index in [0.717, 1.165) is 29.3 Å². The molecule has 3 heterocycles. The van der Waals surface area contributed by atoms with Crippen molar-refractivity contribution in [2.24, 2.45) is 0 Å². The van der Waals surface area contributed by atoms with E-state index in [0.29, 0.717) is 12.1 Å². The van der Waals surface area contributed by atoms with Crippen molar-refractivity contribution in [3.8, 4) is 0 Å². The molecule has 0 radical (unpaired) electrons. The van der Waals surface area contributed by atoms with E-state index in [9.17, 15) is 0 Å². The van der Waals surface area contributed by atoms with Gasteiger partial charge in [0.25, 0.3) is 0 Å². The number of para-hydroxylation sites is 1. The molecule has 1 N–H and O–H groups in total. The molecular weight excluding hydrogens is 348 g/mol. The van der Waals surface area contributed by atoms with Crippen LogP contribution in [0.2, 0.25) is 0 Å². The molecule has 0 bridgehead atoms. The average Bonchev–Trinajstić information content (AvgIpc) is 3.09. The third-order valence-corrected chi connectivity index (χ3v) is 7.35. The van der Waals surface area contributed by atoms with Gasteiger partial charge in [0.05, 0.1) is 15.0 Å². The normalized spacial score (nSPS) is 24.2. The van der Waals surface area contributed by atoms with Gasteiger partial charge in [-0.05, 0) is 56.8 Å². The van der Waals surface area contributed by atoms with Crippen LogP contribution in [0.5, 0.6) is 0 Å². The number of hydrogen-bond acceptors (Lipinski definition) is 6. The van der Waals surface area contributed by atoms with Crippen molar-refractivity contribution in [1.29, 1.82) is 0 Å². The van der Waals surface area contributed by atoms with Crippen LogP contribution in [0.4, 0.5) is 10.9 Å². The Hall–Kier alpha value is -1.79. The summed E-state index contributed by atoms with van der Waals surface area (Å²) in [6, 6.07) is 13.6. The molecule has 0 atom stereocenters. The Bertz CT molecular complexity index is 897. The molecule has 0 amide bonds. The first-order valence-electron chi connectivity index (χ1n) is 8.66. The fourth-order valence-corrected chi connectivity index (χ4v) is 5.88. The van der Waals surface area contributed by atoms with Crippen LogP contribution in [0.3, 0.4) is 0 Å². The highest BCUT2D eigenvalue weighted by atomic mass is 32.2. The molecule has 5 rings (SSSR count). The van der Waals surface area contributed by atoms with Crippen LogP contribution < -0.4 is 9.62 Å². The van der Waals surface area contributed by atoms with Gasteiger partial charge < -0.3 is 5.32 Å². The first-order chi connectivity index (χ1) is 12.1. The van der Waals surface area contributed by atoms with E-state index in [2.05, 4.69) is 52.7 Å². The predicted molar refractivity (Wildman–Crippen MR) is 107 cm³/mol. The average molecular weight is 369 g/mol. The quantitative estimate of drug-likeness (QED) is 0.656. The van der Waals surface area contributed by atoms with Crippen molar-refractivity contribution in [2.75, 3.05) is 9.62 Å². The molecule has 1 aromatic carbocycles. The summed E-state index contributed by atoms with van der Waals surface area (Å²) in [5.41, 5.74) is 2.43. The van der Waals surface area contributed by atoms with Crippen molar-refractivity contribution < 1.29 is 0 Å². The smallest absolute Gasteiger partial charge is 0.184 e. The molecule has 0 spiro atoms. The first kappa shape index (κ1) is 15.5. The lowest BCUT2D eigenvalue weighted by atomic mass is 9.86. The maximum Gasteiger partial charge on any atom is 0.184 e. The second-order valence-electron chi connectivity index (χ2n) is 7.26. The molecule has 128 valence electrons. The van der Waals surface area contributed by atoms with Crippen LogP contribution in [0.25, 0.3) is 10.2 Å². The van der Waals surface area contributed by atoms with Crippen LogP contribution in [-0.2, 0) is 4.75 Å². The summed E-state index contributed by atoms with van der Waals surface area (Å²) in [7, 11) is 0. The summed E-state index contributed by atoms with van der Waals surface area (Å²) < 4.78 is 3.79. The van der Waals surface area contributed by atoms with Gasteiger partial charge in [0.2, 0.25) is 0 Å². The van der Waals surface area contributed by atoms with Gasteiger partial charge >= 0.3 is 0 Å². The Kier molecular flexibility index (Phi) is 3.47. The second-order valence-corrected chi connectivity index (χ2v) is 9.88. The standard InChI is InChI=1S/C19H20N4S2/c1-19(2)14-6-5-9-20-17(14)23(25-19)13-10-12(11-13)21-18-22-15-7-3-4-8-16(15)24-18/h3-9,12-13H,10-11H2,1-2H3,(H,21,22). The zero-order valence-electron chi connectivity index (χ0n) is 14.3. The van der Waals surface area contributed by atoms with Crippen LogP contribution in [0, 0.1) is 0 Å². The number of aromatic nitrogens is 2. The molecule has 2 aliphatic rings. The van der Waals surface area contributed by atoms with Gasteiger partial charge in [0.15, 0.2) is 5.13 Å². The lowest BCUT2D eigenvalue weighted by Crippen LogP contribution is -2.47. The minimum Gasteiger partial charge on any atom is -0.359 e. The minimum absolute atomic E-state index is 0.106. The van der Waals surface area contributed by atoms with Gasteiger partial charge in [-0.3, -0.25) is 4.31 Å². The zero-order chi connectivity index (χ0) is 17.0. The second kappa shape index (κ2) is 5.61. The summed E-state index contributed by atoms with van der Waals surface area (Å²) in [5, 5.41) is 4.66. The molecule has 6 heteroatoms. The number of nitrogens with one attached hydrogen (secondary N) is 1. The van der Waals surface area contributed by atoms with E-state index in [1.165, 1.54) is 10.3 Å². The number of anilines is 2. The summed E-state index contributed by atoms with van der Waals surface area (Å²) in [5.74, 6) is 1.15. The van der Waals surface area contributed by atoms with Crippen LogP contribution in [0.1, 0.15) is 32.3 Å². The highest BCUT2D eigenvalue weighted by molar-refractivity contribution is 8.02. The molecule has 1 aliphatic carbocycles. The van der Waals surface area contributed by atoms with E-state index >= 15 is 0 Å². The summed E-state index contributed by atoms with van der Waals surface area (Å²) in [6.45, 7) is 4.57. The third kappa shape index (κ3) is 2.59. The number of nitrogens with zero attached hydrogens (tertiary/aromatic N) is 3. The Morgan fingerprint density at radius 1 is 1.16 bits per heavy atom. The topological polar surface area (TPSA) is 41.0 Å². The molecule has 4 nitrogen and oxygen atoms in total. The molecule has 0 saturated heterocycles. The maximum atomic E-state index is 4.69. The number of benzene rings is 1. The van der Waals surface area contributed by atoms with Crippen LogP contribution in [0.15, 0.2) is 42.6 Å². The van der Waals surface area contributed by atoms with Crippen LogP contribution in [-0.4, -0.2) is 22.1 Å². The summed E-state index contributed by atoms with van der Waals surface area (Å²) >= 11 is 3.67. The maximum absolute atomic E-state index is 4.69. The van der Waals surface area contributed by atoms with Gasteiger partial charge in [-0.2, -0.15) is 0 Å². The van der Waals surface area contributed by atoms with Gasteiger partial charge in [0, 0.05) is 23.8 Å². The van der Waals surface area contributed by atoms with Crippen molar-refractivity contribution >= 4 is 44.5 Å². The van der Waals surface area contributed by atoms with E-state index in [4.69, 9.17) is 4.98 Å². The number of rotatable bonds is 3. The summed E-state index contributed by atoms with van der Waals surface area (Å²) in [4.78, 5) is 9.34. The molecule has 3 aromatic rings. The van der Waals surface area contributed by atoms with Crippen LogP contribution >= 0.6 is 23.3 Å². The van der Waals surface area contributed by atoms with Crippen molar-refractivity contribution in [2.45, 2.75) is 43.5 Å². The Labute approximate surface area is 155 Å². The monoisotopic (exact) mass is 368 g/mol. The number of pyridine rings is 1. The fourth-order valence-electron chi connectivity index (χ4n) is 3.63. The molecule has 1 aliphatic heterocycles. The number of thiazole rings is 1. The molecule has 1 saturated carbocycles. The van der Waals surface area contributed by atoms with E-state index in [-0.39, 0.29) is 4.75 Å².